The number of ether oxygens (including phenoxy) is 1. The van der Waals surface area contributed by atoms with Crippen molar-refractivity contribution in [3.8, 4) is 0 Å². The highest BCUT2D eigenvalue weighted by atomic mass is 16.5. The van der Waals surface area contributed by atoms with Gasteiger partial charge in [-0.25, -0.2) is 0 Å². The lowest BCUT2D eigenvalue weighted by atomic mass is 9.86. The van der Waals surface area contributed by atoms with Crippen molar-refractivity contribution in [3.05, 3.63) is 0 Å². The Balaban J connectivity index is 1.96. The zero-order valence-electron chi connectivity index (χ0n) is 12.1. The Hall–Kier alpha value is -1.06. The Morgan fingerprint density at radius 3 is 2.58 bits per heavy atom. The number of nitrogens with one attached hydrogen (secondary N) is 1. The van der Waals surface area contributed by atoms with Crippen LogP contribution in [0.3, 0.4) is 0 Å². The molecule has 1 N–H and O–H groups in total. The normalized spacial score (nSPS) is 16.1. The predicted molar refractivity (Wildman–Crippen MR) is 74.7 cm³/mol. The van der Waals surface area contributed by atoms with Gasteiger partial charge in [-0.15, -0.1) is 0 Å². The van der Waals surface area contributed by atoms with E-state index in [1.165, 1.54) is 38.5 Å². The highest BCUT2D eigenvalue weighted by Gasteiger charge is 2.13. The van der Waals surface area contributed by atoms with E-state index >= 15 is 0 Å². The molecule has 4 nitrogen and oxygen atoms in total. The van der Waals surface area contributed by atoms with Crippen molar-refractivity contribution < 1.29 is 14.3 Å². The number of carbonyl (C=O) groups is 2. The third-order valence-electron chi connectivity index (χ3n) is 3.70. The molecule has 0 radical (unpaired) electrons. The third-order valence-corrected chi connectivity index (χ3v) is 3.70. The minimum absolute atomic E-state index is 0.0557. The fourth-order valence-electron chi connectivity index (χ4n) is 2.65. The van der Waals surface area contributed by atoms with Crippen molar-refractivity contribution in [2.75, 3.05) is 13.2 Å². The maximum atomic E-state index is 11.6. The van der Waals surface area contributed by atoms with Crippen LogP contribution in [0.15, 0.2) is 0 Å². The number of hydrogen-bond acceptors (Lipinski definition) is 3. The second-order valence-corrected chi connectivity index (χ2v) is 5.30. The molecule has 0 heterocycles. The molecule has 0 unspecified atom stereocenters. The van der Waals surface area contributed by atoms with Crippen molar-refractivity contribution in [2.24, 2.45) is 5.92 Å². The van der Waals surface area contributed by atoms with E-state index in [0.29, 0.717) is 19.6 Å². The van der Waals surface area contributed by atoms with Gasteiger partial charge in [0.25, 0.3) is 0 Å². The SMILES string of the molecule is CCOC(=O)CCNC(=O)CCCC1CCCCC1. The first kappa shape index (κ1) is 16.0. The van der Waals surface area contributed by atoms with E-state index in [2.05, 4.69) is 5.32 Å². The Kier molecular flexibility index (Phi) is 8.26. The molecule has 1 aliphatic carbocycles. The quantitative estimate of drug-likeness (QED) is 0.689. The molecule has 0 spiro atoms. The van der Waals surface area contributed by atoms with Gasteiger partial charge in [-0.1, -0.05) is 32.1 Å². The van der Waals surface area contributed by atoms with Gasteiger partial charge in [0.05, 0.1) is 13.0 Å². The van der Waals surface area contributed by atoms with Crippen molar-refractivity contribution in [1.29, 1.82) is 0 Å². The van der Waals surface area contributed by atoms with Crippen molar-refractivity contribution in [2.45, 2.75) is 64.7 Å². The summed E-state index contributed by atoms with van der Waals surface area (Å²) in [6, 6.07) is 0. The molecule has 1 fully saturated rings. The highest BCUT2D eigenvalue weighted by molar-refractivity contribution is 5.76. The van der Waals surface area contributed by atoms with E-state index in [1.54, 1.807) is 6.92 Å². The average molecular weight is 269 g/mol. The zero-order valence-corrected chi connectivity index (χ0v) is 12.1. The van der Waals surface area contributed by atoms with Crippen molar-refractivity contribution in [1.82, 2.24) is 5.32 Å². The van der Waals surface area contributed by atoms with Crippen LogP contribution in [0.4, 0.5) is 0 Å². The van der Waals surface area contributed by atoms with Crippen molar-refractivity contribution >= 4 is 11.9 Å². The van der Waals surface area contributed by atoms with Crippen LogP contribution in [-0.2, 0) is 14.3 Å². The molecule has 0 aromatic heterocycles. The van der Waals surface area contributed by atoms with E-state index in [0.717, 1.165) is 12.3 Å². The van der Waals surface area contributed by atoms with E-state index in [-0.39, 0.29) is 18.3 Å². The second-order valence-electron chi connectivity index (χ2n) is 5.30. The minimum atomic E-state index is -0.245. The summed E-state index contributed by atoms with van der Waals surface area (Å²) in [5.41, 5.74) is 0. The molecule has 4 heteroatoms. The van der Waals surface area contributed by atoms with Gasteiger partial charge < -0.3 is 10.1 Å². The van der Waals surface area contributed by atoms with E-state index in [4.69, 9.17) is 4.74 Å². The minimum Gasteiger partial charge on any atom is -0.466 e. The molecule has 0 aliphatic heterocycles. The van der Waals surface area contributed by atoms with Gasteiger partial charge in [0.1, 0.15) is 0 Å². The molecule has 1 saturated carbocycles. The summed E-state index contributed by atoms with van der Waals surface area (Å²) in [6.07, 6.45) is 9.76. The van der Waals surface area contributed by atoms with Gasteiger partial charge in [-0.2, -0.15) is 0 Å². The van der Waals surface area contributed by atoms with Crippen molar-refractivity contribution in [3.63, 3.8) is 0 Å². The first-order valence-electron chi connectivity index (χ1n) is 7.64. The molecule has 110 valence electrons. The monoisotopic (exact) mass is 269 g/mol. The molecule has 0 bridgehead atoms. The topological polar surface area (TPSA) is 55.4 Å². The summed E-state index contributed by atoms with van der Waals surface area (Å²) in [7, 11) is 0. The Morgan fingerprint density at radius 2 is 1.89 bits per heavy atom. The summed E-state index contributed by atoms with van der Waals surface area (Å²) in [5.74, 6) is 0.645. The van der Waals surface area contributed by atoms with Crippen LogP contribution >= 0.6 is 0 Å². The molecule has 1 amide bonds. The average Bonchev–Trinajstić information content (AvgIpc) is 2.40. The molecular weight excluding hydrogens is 242 g/mol. The molecule has 0 aromatic carbocycles. The van der Waals surface area contributed by atoms with Crippen LogP contribution in [0.5, 0.6) is 0 Å². The number of carbonyl (C=O) groups excluding carboxylic acids is 2. The molecule has 1 rings (SSSR count). The largest absolute Gasteiger partial charge is 0.466 e. The zero-order chi connectivity index (χ0) is 13.9. The summed E-state index contributed by atoms with van der Waals surface area (Å²) < 4.78 is 4.79. The number of esters is 1. The molecule has 0 aromatic rings. The van der Waals surface area contributed by atoms with Gasteiger partial charge in [0.2, 0.25) is 5.91 Å². The van der Waals surface area contributed by atoms with E-state index in [9.17, 15) is 9.59 Å². The van der Waals surface area contributed by atoms with Crippen LogP contribution in [-0.4, -0.2) is 25.0 Å². The number of amides is 1. The predicted octanol–water partition coefficient (Wildman–Crippen LogP) is 2.81. The van der Waals surface area contributed by atoms with Crippen LogP contribution in [0.1, 0.15) is 64.7 Å². The Morgan fingerprint density at radius 1 is 1.16 bits per heavy atom. The summed E-state index contributed by atoms with van der Waals surface area (Å²) in [5, 5.41) is 2.77. The maximum Gasteiger partial charge on any atom is 0.307 e. The Bertz CT molecular complexity index is 273. The fourth-order valence-corrected chi connectivity index (χ4v) is 2.65. The standard InChI is InChI=1S/C15H27NO3/c1-2-19-15(18)11-12-16-14(17)10-6-9-13-7-4-3-5-8-13/h13H,2-12H2,1H3,(H,16,17). The van der Waals surface area contributed by atoms with Crippen LogP contribution in [0.2, 0.25) is 0 Å². The van der Waals surface area contributed by atoms with Gasteiger partial charge in [-0.05, 0) is 25.7 Å². The first-order chi connectivity index (χ1) is 9.22. The molecule has 1 aliphatic rings. The lowest BCUT2D eigenvalue weighted by molar-refractivity contribution is -0.143. The van der Waals surface area contributed by atoms with Crippen LogP contribution in [0, 0.1) is 5.92 Å². The fraction of sp³-hybridized carbons (Fsp3) is 0.867. The van der Waals surface area contributed by atoms with Crippen LogP contribution in [0.25, 0.3) is 0 Å². The summed E-state index contributed by atoms with van der Waals surface area (Å²) >= 11 is 0. The molecule has 0 saturated heterocycles. The van der Waals surface area contributed by atoms with E-state index in [1.807, 2.05) is 0 Å². The number of hydrogen-bond donors (Lipinski definition) is 1. The van der Waals surface area contributed by atoms with Gasteiger partial charge in [-0.3, -0.25) is 9.59 Å². The highest BCUT2D eigenvalue weighted by Crippen LogP contribution is 2.27. The second kappa shape index (κ2) is 9.82. The molecule has 0 atom stereocenters. The smallest absolute Gasteiger partial charge is 0.307 e. The molecule has 19 heavy (non-hydrogen) atoms. The lowest BCUT2D eigenvalue weighted by Gasteiger charge is -2.21. The summed E-state index contributed by atoms with van der Waals surface area (Å²) in [4.78, 5) is 22.6. The van der Waals surface area contributed by atoms with E-state index < -0.39 is 0 Å². The lowest BCUT2D eigenvalue weighted by Crippen LogP contribution is -2.26. The van der Waals surface area contributed by atoms with Crippen LogP contribution < -0.4 is 5.32 Å². The first-order valence-corrected chi connectivity index (χ1v) is 7.64. The Labute approximate surface area is 116 Å². The summed E-state index contributed by atoms with van der Waals surface area (Å²) in [6.45, 7) is 2.57. The maximum absolute atomic E-state index is 11.6. The van der Waals surface area contributed by atoms with Gasteiger partial charge in [0, 0.05) is 13.0 Å². The third kappa shape index (κ3) is 7.85. The number of rotatable bonds is 8. The van der Waals surface area contributed by atoms with Gasteiger partial charge >= 0.3 is 5.97 Å². The molecular formula is C15H27NO3. The van der Waals surface area contributed by atoms with Gasteiger partial charge in [0.15, 0.2) is 0 Å².